The fraction of sp³-hybridized carbons (Fsp3) is 0.400. The summed E-state index contributed by atoms with van der Waals surface area (Å²) in [4.78, 5) is 9.04. The van der Waals surface area contributed by atoms with Gasteiger partial charge in [-0.3, -0.25) is 0 Å². The minimum absolute atomic E-state index is 0.216. The summed E-state index contributed by atoms with van der Waals surface area (Å²) in [5, 5.41) is 12.1. The molecule has 0 aliphatic heterocycles. The number of azide groups is 1. The Morgan fingerprint density at radius 3 is 3.18 bits per heavy atom. The molecule has 0 spiro atoms. The third kappa shape index (κ3) is 1.70. The molecule has 0 aromatic carbocycles. The molecular formula is C5H7N5O. The van der Waals surface area contributed by atoms with Crippen LogP contribution in [0.15, 0.2) is 17.6 Å². The highest BCUT2D eigenvalue weighted by Gasteiger charge is 2.07. The van der Waals surface area contributed by atoms with Crippen LogP contribution < -0.4 is 0 Å². The molecule has 1 aromatic rings. The first-order chi connectivity index (χ1) is 5.38. The molecule has 1 rings (SSSR count). The van der Waals surface area contributed by atoms with Crippen molar-refractivity contribution in [3.05, 3.63) is 28.7 Å². The molecule has 0 fully saturated rings. The molecule has 2 N–H and O–H groups in total. The van der Waals surface area contributed by atoms with Crippen LogP contribution in [0.1, 0.15) is 11.7 Å². The van der Waals surface area contributed by atoms with E-state index in [0.717, 1.165) is 0 Å². The molecule has 0 aliphatic rings. The summed E-state index contributed by atoms with van der Waals surface area (Å²) in [5.41, 5.74) is 8.70. The molecule has 6 heteroatoms. The largest absolute Gasteiger partial charge is 0.396 e. The van der Waals surface area contributed by atoms with Gasteiger partial charge in [0, 0.05) is 16.8 Å². The van der Waals surface area contributed by atoms with Crippen LogP contribution in [0.2, 0.25) is 0 Å². The quantitative estimate of drug-likeness (QED) is 0.380. The maximum absolute atomic E-state index is 8.72. The Bertz CT molecular complexity index is 250. The van der Waals surface area contributed by atoms with E-state index in [1.165, 1.54) is 12.5 Å². The molecular weight excluding hydrogens is 146 g/mol. The van der Waals surface area contributed by atoms with E-state index in [9.17, 15) is 0 Å². The van der Waals surface area contributed by atoms with Crippen LogP contribution in [-0.2, 0) is 0 Å². The van der Waals surface area contributed by atoms with Crippen LogP contribution in [0, 0.1) is 0 Å². The zero-order valence-electron chi connectivity index (χ0n) is 5.68. The number of aliphatic hydroxyl groups excluding tert-OH is 1. The van der Waals surface area contributed by atoms with E-state index >= 15 is 0 Å². The fourth-order valence-corrected chi connectivity index (χ4v) is 0.708. The van der Waals surface area contributed by atoms with Gasteiger partial charge in [-0.15, -0.1) is 0 Å². The highest BCUT2D eigenvalue weighted by molar-refractivity contribution is 5.02. The van der Waals surface area contributed by atoms with Gasteiger partial charge in [0.15, 0.2) is 0 Å². The van der Waals surface area contributed by atoms with Crippen LogP contribution in [0.3, 0.4) is 0 Å². The smallest absolute Gasteiger partial charge is 0.102 e. The number of imidazole rings is 1. The molecule has 11 heavy (non-hydrogen) atoms. The minimum Gasteiger partial charge on any atom is -0.396 e. The maximum atomic E-state index is 8.72. The van der Waals surface area contributed by atoms with Gasteiger partial charge in [-0.05, 0) is 5.53 Å². The van der Waals surface area contributed by atoms with E-state index in [-0.39, 0.29) is 6.61 Å². The van der Waals surface area contributed by atoms with E-state index in [0.29, 0.717) is 5.69 Å². The lowest BCUT2D eigenvalue weighted by Crippen LogP contribution is -1.99. The van der Waals surface area contributed by atoms with Gasteiger partial charge < -0.3 is 10.1 Å². The van der Waals surface area contributed by atoms with Gasteiger partial charge in [-0.1, -0.05) is 5.11 Å². The van der Waals surface area contributed by atoms with Crippen LogP contribution in [0.5, 0.6) is 0 Å². The Balaban J connectivity index is 2.79. The summed E-state index contributed by atoms with van der Waals surface area (Å²) < 4.78 is 0. The first-order valence-corrected chi connectivity index (χ1v) is 3.02. The van der Waals surface area contributed by atoms with E-state index in [2.05, 4.69) is 20.0 Å². The van der Waals surface area contributed by atoms with Crippen molar-refractivity contribution in [1.82, 2.24) is 9.97 Å². The highest BCUT2D eigenvalue weighted by Crippen LogP contribution is 2.12. The summed E-state index contributed by atoms with van der Waals surface area (Å²) in [6.45, 7) is -0.216. The van der Waals surface area contributed by atoms with Gasteiger partial charge in [0.05, 0.1) is 12.9 Å². The molecule has 0 aliphatic carbocycles. The molecule has 1 unspecified atom stereocenters. The number of nitrogens with zero attached hydrogens (tertiary/aromatic N) is 4. The van der Waals surface area contributed by atoms with Gasteiger partial charge in [-0.25, -0.2) is 4.98 Å². The number of aliphatic hydroxyl groups is 1. The summed E-state index contributed by atoms with van der Waals surface area (Å²) in [5.74, 6) is 0. The molecule has 1 heterocycles. The second-order valence-corrected chi connectivity index (χ2v) is 1.91. The van der Waals surface area contributed by atoms with E-state index < -0.39 is 6.04 Å². The fourth-order valence-electron chi connectivity index (χ4n) is 0.708. The average molecular weight is 153 g/mol. The topological polar surface area (TPSA) is 97.7 Å². The monoisotopic (exact) mass is 153 g/mol. The number of nitrogens with one attached hydrogen (secondary N) is 1. The van der Waals surface area contributed by atoms with Crippen LogP contribution in [0.25, 0.3) is 10.4 Å². The zero-order chi connectivity index (χ0) is 8.10. The predicted octanol–water partition coefficient (Wildman–Crippen LogP) is 0.753. The number of hydrogen-bond donors (Lipinski definition) is 2. The summed E-state index contributed by atoms with van der Waals surface area (Å²) >= 11 is 0. The van der Waals surface area contributed by atoms with Gasteiger partial charge in [-0.2, -0.15) is 0 Å². The van der Waals surface area contributed by atoms with Crippen LogP contribution in [-0.4, -0.2) is 21.7 Å². The Morgan fingerprint density at radius 2 is 2.73 bits per heavy atom. The Morgan fingerprint density at radius 1 is 1.91 bits per heavy atom. The lowest BCUT2D eigenvalue weighted by Gasteiger charge is -2.01. The number of hydrogen-bond acceptors (Lipinski definition) is 3. The second kappa shape index (κ2) is 3.60. The third-order valence-corrected chi connectivity index (χ3v) is 1.24. The summed E-state index contributed by atoms with van der Waals surface area (Å²) in [7, 11) is 0. The molecule has 1 atom stereocenters. The van der Waals surface area contributed by atoms with Crippen LogP contribution in [0.4, 0.5) is 0 Å². The van der Waals surface area contributed by atoms with Crippen molar-refractivity contribution < 1.29 is 5.11 Å². The van der Waals surface area contributed by atoms with Crippen molar-refractivity contribution in [1.29, 1.82) is 0 Å². The zero-order valence-corrected chi connectivity index (χ0v) is 5.68. The standard InChI is InChI=1S/C5H7N5O/c6-10-9-5(2-11)4-1-7-3-8-4/h1,3,5,11H,2H2,(H,7,8). The first-order valence-electron chi connectivity index (χ1n) is 3.02. The van der Waals surface area contributed by atoms with E-state index in [4.69, 9.17) is 10.6 Å². The van der Waals surface area contributed by atoms with Gasteiger partial charge in [0.2, 0.25) is 0 Å². The Labute approximate surface area is 62.5 Å². The van der Waals surface area contributed by atoms with E-state index in [1.807, 2.05) is 0 Å². The van der Waals surface area contributed by atoms with Crippen molar-refractivity contribution >= 4 is 0 Å². The second-order valence-electron chi connectivity index (χ2n) is 1.91. The van der Waals surface area contributed by atoms with E-state index in [1.54, 1.807) is 0 Å². The molecule has 0 radical (unpaired) electrons. The Hall–Kier alpha value is -1.52. The van der Waals surface area contributed by atoms with Crippen molar-refractivity contribution in [3.63, 3.8) is 0 Å². The molecule has 0 saturated heterocycles. The highest BCUT2D eigenvalue weighted by atomic mass is 16.3. The number of H-pyrrole nitrogens is 1. The molecule has 6 nitrogen and oxygen atoms in total. The molecule has 0 bridgehead atoms. The lowest BCUT2D eigenvalue weighted by atomic mass is 10.2. The average Bonchev–Trinajstić information content (AvgIpc) is 2.52. The minimum atomic E-state index is -0.553. The van der Waals surface area contributed by atoms with Gasteiger partial charge >= 0.3 is 0 Å². The number of rotatable bonds is 3. The summed E-state index contributed by atoms with van der Waals surface area (Å²) in [6.07, 6.45) is 2.97. The molecule has 58 valence electrons. The van der Waals surface area contributed by atoms with Crippen molar-refractivity contribution in [3.8, 4) is 0 Å². The molecule has 0 amide bonds. The SMILES string of the molecule is [N-]=[N+]=NC(CO)c1cnc[nH]1. The molecule has 1 aromatic heterocycles. The predicted molar refractivity (Wildman–Crippen MR) is 37.6 cm³/mol. The van der Waals surface area contributed by atoms with Crippen molar-refractivity contribution in [2.45, 2.75) is 6.04 Å². The third-order valence-electron chi connectivity index (χ3n) is 1.24. The Kier molecular flexibility index (Phi) is 2.48. The normalized spacial score (nSPS) is 12.1. The number of aromatic nitrogens is 2. The lowest BCUT2D eigenvalue weighted by molar-refractivity contribution is 0.266. The molecule has 0 saturated carbocycles. The first kappa shape index (κ1) is 7.59. The van der Waals surface area contributed by atoms with Crippen LogP contribution >= 0.6 is 0 Å². The maximum Gasteiger partial charge on any atom is 0.102 e. The summed E-state index contributed by atoms with van der Waals surface area (Å²) in [6, 6.07) is -0.553. The van der Waals surface area contributed by atoms with Gasteiger partial charge in [0.1, 0.15) is 6.04 Å². The van der Waals surface area contributed by atoms with Gasteiger partial charge in [0.25, 0.3) is 0 Å². The van der Waals surface area contributed by atoms with Crippen molar-refractivity contribution in [2.75, 3.05) is 6.61 Å². The van der Waals surface area contributed by atoms with Crippen molar-refractivity contribution in [2.24, 2.45) is 5.11 Å². The number of aromatic amines is 1.